The van der Waals surface area contributed by atoms with E-state index in [9.17, 15) is 32.4 Å². The number of benzene rings is 2. The van der Waals surface area contributed by atoms with Gasteiger partial charge in [0.05, 0.1) is 21.7 Å². The van der Waals surface area contributed by atoms with Crippen LogP contribution in [0, 0.1) is 16.9 Å². The molecule has 1 atom stereocenters. The molecule has 1 saturated carbocycles. The van der Waals surface area contributed by atoms with Crippen molar-refractivity contribution in [1.29, 1.82) is 0 Å². The number of anilines is 1. The smallest absolute Gasteiger partial charge is 0.417 e. The number of hydrogen-bond acceptors (Lipinski definition) is 3. The monoisotopic (exact) mass is 522 g/mol. The molecule has 6 nitrogen and oxygen atoms in total. The molecule has 2 N–H and O–H groups in total. The van der Waals surface area contributed by atoms with Gasteiger partial charge in [-0.2, -0.15) is 17.9 Å². The quantitative estimate of drug-likeness (QED) is 0.225. The van der Waals surface area contributed by atoms with Gasteiger partial charge in [0.1, 0.15) is 11.7 Å². The van der Waals surface area contributed by atoms with Gasteiger partial charge in [-0.1, -0.05) is 24.4 Å². The fourth-order valence-electron chi connectivity index (χ4n) is 3.95. The minimum absolute atomic E-state index is 0.0127. The number of amides is 1. The number of carbonyl (C=O) groups excluding carboxylic acids is 1. The summed E-state index contributed by atoms with van der Waals surface area (Å²) in [6.45, 7) is 0. The summed E-state index contributed by atoms with van der Waals surface area (Å²) >= 11 is 5.70. The first-order valence-electron chi connectivity index (χ1n) is 10.9. The predicted octanol–water partition coefficient (Wildman–Crippen LogP) is 6.02. The minimum atomic E-state index is -4.89. The Labute approximate surface area is 207 Å². The summed E-state index contributed by atoms with van der Waals surface area (Å²) in [7, 11) is 0. The van der Waals surface area contributed by atoms with Gasteiger partial charge in [0.25, 0.3) is 0 Å². The molecule has 188 valence electrons. The zero-order valence-electron chi connectivity index (χ0n) is 18.5. The van der Waals surface area contributed by atoms with Crippen molar-refractivity contribution in [3.8, 4) is 11.1 Å². The molecule has 1 aliphatic carbocycles. The van der Waals surface area contributed by atoms with Crippen molar-refractivity contribution >= 4 is 29.2 Å². The lowest BCUT2D eigenvalue weighted by Gasteiger charge is -2.18. The third-order valence-electron chi connectivity index (χ3n) is 5.97. The Kier molecular flexibility index (Phi) is 6.90. The minimum Gasteiger partial charge on any atom is -0.618 e. The van der Waals surface area contributed by atoms with E-state index in [2.05, 4.69) is 5.32 Å². The van der Waals surface area contributed by atoms with Crippen LogP contribution in [0.1, 0.15) is 46.8 Å². The number of carboxylic acid groups (broad SMARTS) is 1. The van der Waals surface area contributed by atoms with E-state index in [4.69, 9.17) is 16.7 Å². The van der Waals surface area contributed by atoms with Gasteiger partial charge in [0.15, 0.2) is 6.20 Å². The highest BCUT2D eigenvalue weighted by atomic mass is 35.5. The molecule has 0 unspecified atom stereocenters. The first-order valence-corrected chi connectivity index (χ1v) is 11.3. The van der Waals surface area contributed by atoms with Crippen molar-refractivity contribution in [2.75, 3.05) is 5.32 Å². The maximum absolute atomic E-state index is 14.7. The molecular weight excluding hydrogens is 504 g/mol. The van der Waals surface area contributed by atoms with Gasteiger partial charge in [-0.3, -0.25) is 4.79 Å². The number of pyridine rings is 1. The molecule has 0 spiro atoms. The lowest BCUT2D eigenvalue weighted by molar-refractivity contribution is -0.614. The van der Waals surface area contributed by atoms with E-state index in [1.165, 1.54) is 30.3 Å². The Morgan fingerprint density at radius 2 is 1.78 bits per heavy atom. The summed E-state index contributed by atoms with van der Waals surface area (Å²) in [6.07, 6.45) is -2.01. The molecule has 0 aliphatic heterocycles. The predicted molar refractivity (Wildman–Crippen MR) is 123 cm³/mol. The number of rotatable bonds is 7. The van der Waals surface area contributed by atoms with Crippen molar-refractivity contribution in [3.63, 3.8) is 0 Å². The maximum atomic E-state index is 14.7. The van der Waals surface area contributed by atoms with Crippen LogP contribution >= 0.6 is 11.6 Å². The topological polar surface area (TPSA) is 93.3 Å². The van der Waals surface area contributed by atoms with Gasteiger partial charge in [-0.15, -0.1) is 0 Å². The van der Waals surface area contributed by atoms with Crippen molar-refractivity contribution in [1.82, 2.24) is 0 Å². The summed E-state index contributed by atoms with van der Waals surface area (Å²) in [4.78, 5) is 24.1. The van der Waals surface area contributed by atoms with E-state index in [-0.39, 0.29) is 27.5 Å². The fraction of sp³-hybridized carbons (Fsp3) is 0.240. The third-order valence-corrected chi connectivity index (χ3v) is 6.26. The number of aromatic nitrogens is 1. The van der Waals surface area contributed by atoms with Crippen LogP contribution in [0.5, 0.6) is 0 Å². The number of nitrogens with one attached hydrogen (secondary N) is 1. The van der Waals surface area contributed by atoms with Crippen molar-refractivity contribution < 1.29 is 37.0 Å². The van der Waals surface area contributed by atoms with E-state index in [1.807, 2.05) is 0 Å². The van der Waals surface area contributed by atoms with Gasteiger partial charge in [0.2, 0.25) is 11.6 Å². The number of carbonyl (C=O) groups is 2. The Morgan fingerprint density at radius 3 is 2.33 bits per heavy atom. The molecule has 1 aliphatic rings. The van der Waals surface area contributed by atoms with Crippen LogP contribution < -0.4 is 10.0 Å². The molecule has 11 heteroatoms. The number of halogens is 5. The highest BCUT2D eigenvalue weighted by Gasteiger charge is 2.38. The summed E-state index contributed by atoms with van der Waals surface area (Å²) in [5.74, 6) is -3.70. The summed E-state index contributed by atoms with van der Waals surface area (Å²) in [6, 6.07) is 9.24. The average Bonchev–Trinajstić information content (AvgIpc) is 3.63. The number of alkyl halides is 3. The van der Waals surface area contributed by atoms with Crippen molar-refractivity contribution in [3.05, 3.63) is 87.6 Å². The standard InChI is InChI=1S/C25H19ClF4N2O4/c26-19-9-8-18(25(28,29)30)21(22(19)27)15-5-10-20(32(36)12-15)17(11-13-1-2-13)23(33)31-16-6-3-14(4-7-16)24(34)35/h3-10,12-13,17H,1-2,11H2,(H,31,33)(H,34,35)/t17-/m0/s1. The van der Waals surface area contributed by atoms with E-state index < -0.39 is 45.9 Å². The number of nitrogens with zero attached hydrogens (tertiary/aromatic N) is 1. The SMILES string of the molecule is O=C(O)c1ccc(NC(=O)[C@@H](CC2CC2)c2ccc(-c3c(C(F)(F)F)ccc(Cl)c3F)c[n+]2[O-])cc1. The number of carboxylic acids is 1. The molecule has 0 saturated heterocycles. The molecule has 4 rings (SSSR count). The molecule has 0 radical (unpaired) electrons. The van der Waals surface area contributed by atoms with Crippen LogP contribution in [0.15, 0.2) is 54.7 Å². The molecule has 2 aromatic carbocycles. The van der Waals surface area contributed by atoms with Crippen molar-refractivity contribution in [2.45, 2.75) is 31.4 Å². The summed E-state index contributed by atoms with van der Waals surface area (Å²) < 4.78 is 55.4. The van der Waals surface area contributed by atoms with Crippen molar-refractivity contribution in [2.24, 2.45) is 5.92 Å². The van der Waals surface area contributed by atoms with Gasteiger partial charge in [-0.05, 0) is 54.8 Å². The maximum Gasteiger partial charge on any atom is 0.417 e. The molecule has 1 amide bonds. The van der Waals surface area contributed by atoms with Crippen LogP contribution in [0.4, 0.5) is 23.2 Å². The van der Waals surface area contributed by atoms with Crippen LogP contribution in [0.25, 0.3) is 11.1 Å². The van der Waals surface area contributed by atoms with Gasteiger partial charge < -0.3 is 15.6 Å². The van der Waals surface area contributed by atoms with Gasteiger partial charge >= 0.3 is 12.1 Å². The number of hydrogen-bond donors (Lipinski definition) is 2. The van der Waals surface area contributed by atoms with Gasteiger partial charge in [-0.25, -0.2) is 9.18 Å². The number of aromatic carboxylic acids is 1. The first kappa shape index (κ1) is 25.4. The average molecular weight is 523 g/mol. The van der Waals surface area contributed by atoms with E-state index in [0.29, 0.717) is 18.2 Å². The van der Waals surface area contributed by atoms with E-state index in [0.717, 1.165) is 31.2 Å². The van der Waals surface area contributed by atoms with Crippen LogP contribution in [-0.2, 0) is 11.0 Å². The normalized spacial score (nSPS) is 14.4. The molecule has 1 heterocycles. The zero-order valence-corrected chi connectivity index (χ0v) is 19.2. The molecular formula is C25H19ClF4N2O4. The van der Waals surface area contributed by atoms with Crippen LogP contribution in [0.3, 0.4) is 0 Å². The third kappa shape index (κ3) is 5.43. The second-order valence-electron chi connectivity index (χ2n) is 8.55. The zero-order chi connectivity index (χ0) is 26.2. The second kappa shape index (κ2) is 9.77. The lowest BCUT2D eigenvalue weighted by Crippen LogP contribution is -2.37. The molecule has 0 bridgehead atoms. The van der Waals surface area contributed by atoms with Crippen LogP contribution in [-0.4, -0.2) is 17.0 Å². The lowest BCUT2D eigenvalue weighted by atomic mass is 9.94. The largest absolute Gasteiger partial charge is 0.618 e. The molecule has 1 aromatic heterocycles. The second-order valence-corrected chi connectivity index (χ2v) is 8.96. The molecule has 1 fully saturated rings. The summed E-state index contributed by atoms with van der Waals surface area (Å²) in [5.41, 5.74) is -2.14. The first-order chi connectivity index (χ1) is 17.0. The Hall–Kier alpha value is -3.66. The molecule has 36 heavy (non-hydrogen) atoms. The fourth-order valence-corrected chi connectivity index (χ4v) is 4.11. The van der Waals surface area contributed by atoms with Crippen LogP contribution in [0.2, 0.25) is 5.02 Å². The van der Waals surface area contributed by atoms with E-state index >= 15 is 0 Å². The summed E-state index contributed by atoms with van der Waals surface area (Å²) in [5, 5.41) is 24.1. The highest BCUT2D eigenvalue weighted by molar-refractivity contribution is 6.31. The van der Waals surface area contributed by atoms with E-state index in [1.54, 1.807) is 0 Å². The molecule has 3 aromatic rings. The highest BCUT2D eigenvalue weighted by Crippen LogP contribution is 2.41. The van der Waals surface area contributed by atoms with Gasteiger partial charge in [0, 0.05) is 17.3 Å². The Morgan fingerprint density at radius 1 is 1.11 bits per heavy atom. The Balaban J connectivity index is 1.67. The Bertz CT molecular complexity index is 1320.